The average molecular weight is 191 g/mol. The number of rotatable bonds is 1. The lowest BCUT2D eigenvalue weighted by Crippen LogP contribution is -2.08. The van der Waals surface area contributed by atoms with Gasteiger partial charge >= 0.3 is 0 Å². The lowest BCUT2D eigenvalue weighted by Gasteiger charge is -1.97. The summed E-state index contributed by atoms with van der Waals surface area (Å²) in [7, 11) is 0. The van der Waals surface area contributed by atoms with Crippen molar-refractivity contribution in [2.45, 2.75) is 20.8 Å². The highest BCUT2D eigenvalue weighted by Crippen LogP contribution is 2.24. The Labute approximate surface area is 82.3 Å². The van der Waals surface area contributed by atoms with Crippen LogP contribution in [0.5, 0.6) is 0 Å². The Hall–Kier alpha value is -1.71. The number of aryl methyl sites for hydroxylation is 3. The summed E-state index contributed by atoms with van der Waals surface area (Å²) < 4.78 is 6.94. The maximum absolute atomic E-state index is 5.76. The van der Waals surface area contributed by atoms with Gasteiger partial charge in [-0.3, -0.25) is 0 Å². The van der Waals surface area contributed by atoms with Crippen molar-refractivity contribution in [2.75, 3.05) is 5.84 Å². The molecule has 0 aromatic carbocycles. The highest BCUT2D eigenvalue weighted by Gasteiger charge is 2.12. The Morgan fingerprint density at radius 3 is 2.50 bits per heavy atom. The first-order chi connectivity index (χ1) is 6.58. The molecule has 0 saturated carbocycles. The molecule has 0 bridgehead atoms. The van der Waals surface area contributed by atoms with Gasteiger partial charge in [-0.1, -0.05) is 0 Å². The fourth-order valence-corrected chi connectivity index (χ4v) is 1.57. The summed E-state index contributed by atoms with van der Waals surface area (Å²) in [6.07, 6.45) is 1.79. The first-order valence-electron chi connectivity index (χ1n) is 4.46. The van der Waals surface area contributed by atoms with E-state index in [0.717, 1.165) is 28.6 Å². The van der Waals surface area contributed by atoms with Crippen LogP contribution < -0.4 is 5.84 Å². The summed E-state index contributed by atoms with van der Waals surface area (Å²) in [6.45, 7) is 5.73. The molecule has 74 valence electrons. The minimum atomic E-state index is 0.747. The molecule has 0 spiro atoms. The van der Waals surface area contributed by atoms with Crippen LogP contribution in [-0.4, -0.2) is 9.66 Å². The largest absolute Gasteiger partial charge is 0.466 e. The Balaban J connectivity index is 2.59. The normalized spacial score (nSPS) is 10.8. The molecule has 0 aliphatic rings. The van der Waals surface area contributed by atoms with Gasteiger partial charge in [-0.15, -0.1) is 0 Å². The van der Waals surface area contributed by atoms with Gasteiger partial charge in [0.25, 0.3) is 0 Å². The lowest BCUT2D eigenvalue weighted by atomic mass is 10.2. The molecule has 2 rings (SSSR count). The fraction of sp³-hybridized carbons (Fsp3) is 0.300. The first kappa shape index (κ1) is 8.87. The molecular formula is C10H13N3O. The second-order valence-corrected chi connectivity index (χ2v) is 3.44. The maximum atomic E-state index is 5.76. The minimum absolute atomic E-state index is 0.747. The summed E-state index contributed by atoms with van der Waals surface area (Å²) in [5, 5.41) is 0. The van der Waals surface area contributed by atoms with E-state index in [1.165, 1.54) is 4.68 Å². The molecule has 0 saturated heterocycles. The quantitative estimate of drug-likeness (QED) is 0.699. The number of imidazole rings is 1. The summed E-state index contributed by atoms with van der Waals surface area (Å²) in [4.78, 5) is 4.33. The van der Waals surface area contributed by atoms with Gasteiger partial charge in [0.2, 0.25) is 0 Å². The van der Waals surface area contributed by atoms with E-state index in [1.807, 2.05) is 26.8 Å². The predicted octanol–water partition coefficient (Wildman–Crippen LogP) is 1.78. The third-order valence-corrected chi connectivity index (χ3v) is 2.13. The molecule has 0 unspecified atom stereocenters. The zero-order valence-corrected chi connectivity index (χ0v) is 8.53. The molecular weight excluding hydrogens is 178 g/mol. The predicted molar refractivity (Wildman–Crippen MR) is 54.3 cm³/mol. The summed E-state index contributed by atoms with van der Waals surface area (Å²) in [5.74, 6) is 8.23. The zero-order chi connectivity index (χ0) is 10.3. The maximum Gasteiger partial charge on any atom is 0.161 e. The third kappa shape index (κ3) is 1.28. The van der Waals surface area contributed by atoms with Crippen LogP contribution in [0.2, 0.25) is 0 Å². The van der Waals surface area contributed by atoms with Gasteiger partial charge in [-0.25, -0.2) is 9.66 Å². The van der Waals surface area contributed by atoms with Crippen LogP contribution in [0.15, 0.2) is 16.7 Å². The minimum Gasteiger partial charge on any atom is -0.466 e. The van der Waals surface area contributed by atoms with E-state index in [1.54, 1.807) is 6.20 Å². The topological polar surface area (TPSA) is 57.0 Å². The Morgan fingerprint density at radius 1 is 1.36 bits per heavy atom. The monoisotopic (exact) mass is 191 g/mol. The van der Waals surface area contributed by atoms with Crippen molar-refractivity contribution in [3.05, 3.63) is 29.5 Å². The van der Waals surface area contributed by atoms with Crippen molar-refractivity contribution in [1.82, 2.24) is 9.66 Å². The number of nitrogens with zero attached hydrogens (tertiary/aromatic N) is 2. The smallest absolute Gasteiger partial charge is 0.161 e. The van der Waals surface area contributed by atoms with Gasteiger partial charge in [0.15, 0.2) is 5.82 Å². The molecule has 2 N–H and O–H groups in total. The van der Waals surface area contributed by atoms with Crippen LogP contribution in [0.3, 0.4) is 0 Å². The molecule has 2 heterocycles. The number of aromatic nitrogens is 2. The second-order valence-electron chi connectivity index (χ2n) is 3.44. The van der Waals surface area contributed by atoms with Crippen LogP contribution >= 0.6 is 0 Å². The number of nitrogens with two attached hydrogens (primary N) is 1. The first-order valence-corrected chi connectivity index (χ1v) is 4.46. The highest BCUT2D eigenvalue weighted by atomic mass is 16.3. The number of hydrogen-bond donors (Lipinski definition) is 1. The Kier molecular flexibility index (Phi) is 1.84. The molecule has 4 nitrogen and oxygen atoms in total. The Bertz CT molecular complexity index is 423. The van der Waals surface area contributed by atoms with E-state index >= 15 is 0 Å². The van der Waals surface area contributed by atoms with Crippen LogP contribution in [0.1, 0.15) is 17.2 Å². The van der Waals surface area contributed by atoms with E-state index in [0.29, 0.717) is 0 Å². The molecule has 4 heteroatoms. The van der Waals surface area contributed by atoms with E-state index in [9.17, 15) is 0 Å². The number of nitrogen functional groups attached to an aromatic ring is 1. The summed E-state index contributed by atoms with van der Waals surface area (Å²) in [5.41, 5.74) is 1.86. The van der Waals surface area contributed by atoms with Gasteiger partial charge in [0.1, 0.15) is 11.5 Å². The molecule has 0 atom stereocenters. The molecule has 2 aromatic rings. The molecule has 0 aliphatic heterocycles. The second kappa shape index (κ2) is 2.90. The zero-order valence-electron chi connectivity index (χ0n) is 8.53. The van der Waals surface area contributed by atoms with Gasteiger partial charge < -0.3 is 10.3 Å². The Morgan fingerprint density at radius 2 is 2.07 bits per heavy atom. The van der Waals surface area contributed by atoms with Crippen LogP contribution in [-0.2, 0) is 0 Å². The average Bonchev–Trinajstić information content (AvgIpc) is 2.55. The van der Waals surface area contributed by atoms with Crippen molar-refractivity contribution in [1.29, 1.82) is 0 Å². The van der Waals surface area contributed by atoms with Gasteiger partial charge in [-0.2, -0.15) is 0 Å². The lowest BCUT2D eigenvalue weighted by molar-refractivity contribution is 0.505. The molecule has 0 fully saturated rings. The van der Waals surface area contributed by atoms with E-state index in [4.69, 9.17) is 10.3 Å². The molecule has 14 heavy (non-hydrogen) atoms. The van der Waals surface area contributed by atoms with Crippen molar-refractivity contribution in [3.63, 3.8) is 0 Å². The van der Waals surface area contributed by atoms with Crippen LogP contribution in [0, 0.1) is 20.8 Å². The fourth-order valence-electron chi connectivity index (χ4n) is 1.57. The van der Waals surface area contributed by atoms with Gasteiger partial charge in [0, 0.05) is 6.20 Å². The third-order valence-electron chi connectivity index (χ3n) is 2.13. The number of hydrogen-bond acceptors (Lipinski definition) is 3. The molecule has 0 amide bonds. The molecule has 0 aliphatic carbocycles. The van der Waals surface area contributed by atoms with Crippen LogP contribution in [0.4, 0.5) is 0 Å². The summed E-state index contributed by atoms with van der Waals surface area (Å²) >= 11 is 0. The van der Waals surface area contributed by atoms with Crippen molar-refractivity contribution in [2.24, 2.45) is 0 Å². The van der Waals surface area contributed by atoms with Crippen molar-refractivity contribution in [3.8, 4) is 11.4 Å². The van der Waals surface area contributed by atoms with Gasteiger partial charge in [0.05, 0.1) is 11.3 Å². The molecule has 0 radical (unpaired) electrons. The van der Waals surface area contributed by atoms with Crippen LogP contribution in [0.25, 0.3) is 11.4 Å². The van der Waals surface area contributed by atoms with Crippen molar-refractivity contribution < 1.29 is 4.42 Å². The van der Waals surface area contributed by atoms with Crippen molar-refractivity contribution >= 4 is 0 Å². The SMILES string of the molecule is Cc1cn(N)c(-c2cc(C)oc2C)n1. The summed E-state index contributed by atoms with van der Waals surface area (Å²) in [6, 6.07) is 1.94. The standard InChI is InChI=1S/C10H13N3O/c1-6-5-13(11)10(12-6)9-4-7(2)14-8(9)3/h4-5H,11H2,1-3H3. The van der Waals surface area contributed by atoms with E-state index < -0.39 is 0 Å². The van der Waals surface area contributed by atoms with Gasteiger partial charge in [-0.05, 0) is 26.8 Å². The number of furan rings is 1. The highest BCUT2D eigenvalue weighted by molar-refractivity contribution is 5.59. The van der Waals surface area contributed by atoms with E-state index in [-0.39, 0.29) is 0 Å². The van der Waals surface area contributed by atoms with E-state index in [2.05, 4.69) is 4.98 Å². The molecule has 2 aromatic heterocycles.